The maximum atomic E-state index is 14.0. The lowest BCUT2D eigenvalue weighted by Gasteiger charge is -2.23. The Morgan fingerprint density at radius 3 is 2.65 bits per heavy atom. The monoisotopic (exact) mass is 421 g/mol. The summed E-state index contributed by atoms with van der Waals surface area (Å²) in [5, 5.41) is 6.11. The Bertz CT molecular complexity index is 1060. The molecule has 4 rings (SSSR count). The van der Waals surface area contributed by atoms with Gasteiger partial charge in [0.25, 0.3) is 5.91 Å². The third-order valence-electron chi connectivity index (χ3n) is 5.26. The first kappa shape index (κ1) is 20.8. The first-order chi connectivity index (χ1) is 15.0. The molecule has 6 nitrogen and oxygen atoms in total. The highest BCUT2D eigenvalue weighted by Crippen LogP contribution is 2.33. The SMILES string of the molecule is COc1ccc(C2=NN(C(=O)CN(C)Cc3ccccc3F)[C@H](c3ccco3)C2)cc1. The van der Waals surface area contributed by atoms with Gasteiger partial charge in [0.2, 0.25) is 0 Å². The fourth-order valence-electron chi connectivity index (χ4n) is 3.68. The number of ether oxygens (including phenoxy) is 1. The molecule has 31 heavy (non-hydrogen) atoms. The Morgan fingerprint density at radius 1 is 1.19 bits per heavy atom. The number of rotatable bonds is 7. The van der Waals surface area contributed by atoms with Gasteiger partial charge >= 0.3 is 0 Å². The molecule has 1 atom stereocenters. The van der Waals surface area contributed by atoms with Crippen molar-refractivity contribution in [1.82, 2.24) is 9.91 Å². The Kier molecular flexibility index (Phi) is 6.13. The van der Waals surface area contributed by atoms with E-state index < -0.39 is 0 Å². The van der Waals surface area contributed by atoms with Gasteiger partial charge < -0.3 is 9.15 Å². The molecule has 1 aliphatic heterocycles. The highest BCUT2D eigenvalue weighted by Gasteiger charge is 2.35. The van der Waals surface area contributed by atoms with Crippen molar-refractivity contribution in [3.05, 3.63) is 89.6 Å². The van der Waals surface area contributed by atoms with E-state index in [-0.39, 0.29) is 24.3 Å². The van der Waals surface area contributed by atoms with Crippen molar-refractivity contribution in [2.24, 2.45) is 5.10 Å². The normalized spacial score (nSPS) is 15.9. The molecule has 1 amide bonds. The number of methoxy groups -OCH3 is 1. The second-order valence-electron chi connectivity index (χ2n) is 7.51. The van der Waals surface area contributed by atoms with E-state index in [4.69, 9.17) is 9.15 Å². The molecular weight excluding hydrogens is 397 g/mol. The predicted octanol–water partition coefficient (Wildman–Crippen LogP) is 4.24. The van der Waals surface area contributed by atoms with Crippen LogP contribution in [0, 0.1) is 5.82 Å². The Hall–Kier alpha value is -3.45. The number of carbonyl (C=O) groups is 1. The molecule has 7 heteroatoms. The fraction of sp³-hybridized carbons (Fsp3) is 0.250. The summed E-state index contributed by atoms with van der Waals surface area (Å²) >= 11 is 0. The Labute approximate surface area is 180 Å². The summed E-state index contributed by atoms with van der Waals surface area (Å²) in [5.41, 5.74) is 2.27. The molecule has 0 fully saturated rings. The molecule has 0 spiro atoms. The van der Waals surface area contributed by atoms with Crippen LogP contribution in [0.3, 0.4) is 0 Å². The van der Waals surface area contributed by atoms with E-state index in [0.717, 1.165) is 17.0 Å². The molecule has 0 bridgehead atoms. The van der Waals surface area contributed by atoms with Crippen LogP contribution in [0.5, 0.6) is 5.75 Å². The maximum Gasteiger partial charge on any atom is 0.257 e. The van der Waals surface area contributed by atoms with Gasteiger partial charge in [-0.1, -0.05) is 18.2 Å². The van der Waals surface area contributed by atoms with Gasteiger partial charge in [0.1, 0.15) is 23.4 Å². The third-order valence-corrected chi connectivity index (χ3v) is 5.26. The van der Waals surface area contributed by atoms with Crippen molar-refractivity contribution in [2.75, 3.05) is 20.7 Å². The molecule has 2 aromatic carbocycles. The fourth-order valence-corrected chi connectivity index (χ4v) is 3.68. The van der Waals surface area contributed by atoms with Crippen LogP contribution in [-0.2, 0) is 11.3 Å². The van der Waals surface area contributed by atoms with Crippen LogP contribution in [0.4, 0.5) is 4.39 Å². The summed E-state index contributed by atoms with van der Waals surface area (Å²) in [7, 11) is 3.41. The molecule has 160 valence electrons. The molecule has 0 saturated carbocycles. The van der Waals surface area contributed by atoms with Gasteiger partial charge in [0.05, 0.1) is 25.6 Å². The second-order valence-corrected chi connectivity index (χ2v) is 7.51. The number of benzene rings is 2. The quantitative estimate of drug-likeness (QED) is 0.573. The van der Waals surface area contributed by atoms with Crippen LogP contribution < -0.4 is 4.74 Å². The minimum absolute atomic E-state index is 0.102. The van der Waals surface area contributed by atoms with Gasteiger partial charge in [0.15, 0.2) is 0 Å². The van der Waals surface area contributed by atoms with Gasteiger partial charge in [-0.2, -0.15) is 5.10 Å². The van der Waals surface area contributed by atoms with Gasteiger partial charge in [-0.05, 0) is 55.1 Å². The van der Waals surface area contributed by atoms with Crippen molar-refractivity contribution in [3.63, 3.8) is 0 Å². The first-order valence-electron chi connectivity index (χ1n) is 10.0. The molecule has 0 radical (unpaired) electrons. The summed E-state index contributed by atoms with van der Waals surface area (Å²) < 4.78 is 24.8. The predicted molar refractivity (Wildman–Crippen MR) is 115 cm³/mol. The van der Waals surface area contributed by atoms with E-state index in [9.17, 15) is 9.18 Å². The summed E-state index contributed by atoms with van der Waals surface area (Å²) in [6.45, 7) is 0.428. The molecule has 0 saturated heterocycles. The van der Waals surface area contributed by atoms with Crippen molar-refractivity contribution in [2.45, 2.75) is 19.0 Å². The molecule has 2 heterocycles. The number of hydrogen-bond acceptors (Lipinski definition) is 5. The summed E-state index contributed by atoms with van der Waals surface area (Å²) in [6, 6.07) is 17.5. The van der Waals surface area contributed by atoms with Crippen molar-refractivity contribution < 1.29 is 18.3 Å². The van der Waals surface area contributed by atoms with E-state index in [2.05, 4.69) is 5.10 Å². The van der Waals surface area contributed by atoms with Crippen LogP contribution in [0.15, 0.2) is 76.4 Å². The first-order valence-corrected chi connectivity index (χ1v) is 10.0. The maximum absolute atomic E-state index is 14.0. The topological polar surface area (TPSA) is 58.3 Å². The van der Waals surface area contributed by atoms with Crippen LogP contribution in [-0.4, -0.2) is 42.2 Å². The van der Waals surface area contributed by atoms with Gasteiger partial charge in [-0.3, -0.25) is 9.69 Å². The number of carbonyl (C=O) groups excluding carboxylic acids is 1. The van der Waals surface area contributed by atoms with Crippen molar-refractivity contribution >= 4 is 11.6 Å². The Balaban J connectivity index is 1.52. The van der Waals surface area contributed by atoms with E-state index in [1.165, 1.54) is 11.1 Å². The molecule has 0 unspecified atom stereocenters. The van der Waals surface area contributed by atoms with E-state index in [1.54, 1.807) is 49.6 Å². The highest BCUT2D eigenvalue weighted by atomic mass is 19.1. The average molecular weight is 421 g/mol. The molecule has 0 N–H and O–H groups in total. The largest absolute Gasteiger partial charge is 0.497 e. The Morgan fingerprint density at radius 2 is 1.97 bits per heavy atom. The van der Waals surface area contributed by atoms with Crippen LogP contribution >= 0.6 is 0 Å². The molecule has 3 aromatic rings. The zero-order chi connectivity index (χ0) is 21.8. The number of furan rings is 1. The average Bonchev–Trinajstić information content (AvgIpc) is 3.45. The number of halogens is 1. The van der Waals surface area contributed by atoms with Crippen LogP contribution in [0.25, 0.3) is 0 Å². The smallest absolute Gasteiger partial charge is 0.257 e. The zero-order valence-electron chi connectivity index (χ0n) is 17.5. The molecule has 0 aliphatic carbocycles. The number of likely N-dealkylation sites (N-methyl/N-ethyl adjacent to an activating group) is 1. The van der Waals surface area contributed by atoms with Crippen LogP contribution in [0.1, 0.15) is 29.3 Å². The minimum Gasteiger partial charge on any atom is -0.497 e. The van der Waals surface area contributed by atoms with E-state index in [0.29, 0.717) is 24.3 Å². The van der Waals surface area contributed by atoms with Gasteiger partial charge in [-0.15, -0.1) is 0 Å². The lowest BCUT2D eigenvalue weighted by molar-refractivity contribution is -0.134. The molecule has 1 aromatic heterocycles. The number of hydrazone groups is 1. The van der Waals surface area contributed by atoms with Gasteiger partial charge in [0, 0.05) is 18.5 Å². The summed E-state index contributed by atoms with van der Waals surface area (Å²) in [6.07, 6.45) is 2.14. The lowest BCUT2D eigenvalue weighted by Crippen LogP contribution is -2.36. The zero-order valence-corrected chi connectivity index (χ0v) is 17.5. The van der Waals surface area contributed by atoms with E-state index in [1.807, 2.05) is 30.3 Å². The van der Waals surface area contributed by atoms with Crippen molar-refractivity contribution in [1.29, 1.82) is 0 Å². The van der Waals surface area contributed by atoms with E-state index >= 15 is 0 Å². The number of nitrogens with zero attached hydrogens (tertiary/aromatic N) is 3. The summed E-state index contributed by atoms with van der Waals surface area (Å²) in [4.78, 5) is 14.9. The molecule has 1 aliphatic rings. The highest BCUT2D eigenvalue weighted by molar-refractivity contribution is 6.03. The molecular formula is C24H24FN3O3. The minimum atomic E-state index is -0.318. The summed E-state index contributed by atoms with van der Waals surface area (Å²) in [5.74, 6) is 0.977. The second kappa shape index (κ2) is 9.14. The number of amides is 1. The number of hydrogen-bond donors (Lipinski definition) is 0. The van der Waals surface area contributed by atoms with Crippen molar-refractivity contribution in [3.8, 4) is 5.75 Å². The standard InChI is InChI=1S/C24H24FN3O3/c1-27(15-18-6-3-4-7-20(18)25)16-24(29)28-22(23-8-5-13-31-23)14-21(26-28)17-9-11-19(30-2)12-10-17/h3-13,22H,14-16H2,1-2H3/t22-/m0/s1. The van der Waals surface area contributed by atoms with Gasteiger partial charge in [-0.25, -0.2) is 9.40 Å². The van der Waals surface area contributed by atoms with Crippen LogP contribution in [0.2, 0.25) is 0 Å². The lowest BCUT2D eigenvalue weighted by atomic mass is 10.0. The third kappa shape index (κ3) is 4.67.